The first-order valence-electron chi connectivity index (χ1n) is 9.76. The third-order valence-electron chi connectivity index (χ3n) is 3.13. The third kappa shape index (κ3) is 8.08. The highest BCUT2D eigenvalue weighted by molar-refractivity contribution is 6.11. The Kier molecular flexibility index (Phi) is 8.31. The molecule has 0 aliphatic heterocycles. The Bertz CT molecular complexity index is 913. The molecule has 0 heterocycles. The zero-order chi connectivity index (χ0) is 25.9. The molecule has 186 valence electrons. The second-order valence-electron chi connectivity index (χ2n) is 9.86. The monoisotopic (exact) mass is 474 g/mol. The topological polar surface area (TPSA) is 167 Å². The van der Waals surface area contributed by atoms with Gasteiger partial charge in [0.1, 0.15) is 27.9 Å². The van der Waals surface area contributed by atoms with Crippen molar-refractivity contribution in [3.05, 3.63) is 16.7 Å². The van der Waals surface area contributed by atoms with Gasteiger partial charge < -0.3 is 30.0 Å². The zero-order valence-electron chi connectivity index (χ0n) is 20.0. The van der Waals surface area contributed by atoms with Crippen LogP contribution in [0.3, 0.4) is 0 Å². The first kappa shape index (κ1) is 27.9. The molecule has 12 nitrogen and oxygen atoms in total. The van der Waals surface area contributed by atoms with E-state index in [0.29, 0.717) is 0 Å². The van der Waals surface area contributed by atoms with Gasteiger partial charge in [0.15, 0.2) is 11.3 Å². The van der Waals surface area contributed by atoms with Crippen LogP contribution >= 0.6 is 0 Å². The summed E-state index contributed by atoms with van der Waals surface area (Å²) in [5, 5.41) is 29.5. The smallest absolute Gasteiger partial charge is 0.343 e. The predicted octanol–water partition coefficient (Wildman–Crippen LogP) is 4.11. The Labute approximate surface area is 190 Å². The maximum atomic E-state index is 12.2. The van der Waals surface area contributed by atoms with Crippen molar-refractivity contribution in [2.45, 2.75) is 79.1 Å². The number of carboxylic acid groups (broad SMARTS) is 3. The Morgan fingerprint density at radius 2 is 0.727 bits per heavy atom. The first-order chi connectivity index (χ1) is 14.7. The van der Waals surface area contributed by atoms with E-state index in [2.05, 4.69) is 0 Å². The fourth-order valence-electron chi connectivity index (χ4n) is 2.03. The van der Waals surface area contributed by atoms with E-state index in [1.165, 1.54) is 0 Å². The fourth-order valence-corrected chi connectivity index (χ4v) is 2.03. The van der Waals surface area contributed by atoms with Gasteiger partial charge in [-0.05, 0) is 62.3 Å². The molecule has 1 aromatic rings. The van der Waals surface area contributed by atoms with Gasteiger partial charge >= 0.3 is 17.9 Å². The molecule has 33 heavy (non-hydrogen) atoms. The van der Waals surface area contributed by atoms with Gasteiger partial charge in [-0.1, -0.05) is 0 Å². The number of carbonyl (C=O) groups is 3. The van der Waals surface area contributed by atoms with E-state index < -0.39 is 68.6 Å². The molecule has 0 aromatic heterocycles. The van der Waals surface area contributed by atoms with Crippen LogP contribution in [0.2, 0.25) is 0 Å². The van der Waals surface area contributed by atoms with E-state index in [1.807, 2.05) is 0 Å². The van der Waals surface area contributed by atoms with E-state index in [9.17, 15) is 29.7 Å². The van der Waals surface area contributed by atoms with Gasteiger partial charge in [0.05, 0.1) is 0 Å². The minimum atomic E-state index is -1.83. The summed E-state index contributed by atoms with van der Waals surface area (Å²) in [6, 6.07) is 0. The van der Waals surface area contributed by atoms with Crippen LogP contribution in [0.4, 0.5) is 0 Å². The number of hydrogen-bond donors (Lipinski definition) is 3. The SMILES string of the molecule is CC(C)(C)OOc1c(OOC(C)(C)C)c(C(=O)O)c(C(=O)O)c(OOC(C)(C)C)c1C(=O)O. The van der Waals surface area contributed by atoms with Gasteiger partial charge in [-0.3, -0.25) is 0 Å². The minimum absolute atomic E-state index is 0.795. The van der Waals surface area contributed by atoms with Gasteiger partial charge in [-0.15, -0.1) is 0 Å². The molecule has 1 aromatic carbocycles. The molecule has 12 heteroatoms. The van der Waals surface area contributed by atoms with Gasteiger partial charge in [0.2, 0.25) is 11.5 Å². The van der Waals surface area contributed by atoms with Crippen LogP contribution < -0.4 is 14.7 Å². The molecular formula is C21H30O12. The molecule has 0 aliphatic carbocycles. The Morgan fingerprint density at radius 3 is 1.00 bits per heavy atom. The van der Waals surface area contributed by atoms with Crippen molar-refractivity contribution in [3.63, 3.8) is 0 Å². The molecule has 0 saturated carbocycles. The summed E-state index contributed by atoms with van der Waals surface area (Å²) in [7, 11) is 0. The van der Waals surface area contributed by atoms with Crippen molar-refractivity contribution in [3.8, 4) is 17.2 Å². The van der Waals surface area contributed by atoms with Crippen LogP contribution in [0.25, 0.3) is 0 Å². The van der Waals surface area contributed by atoms with E-state index in [0.717, 1.165) is 0 Å². The van der Waals surface area contributed by atoms with Gasteiger partial charge in [-0.2, -0.15) is 14.7 Å². The van der Waals surface area contributed by atoms with Crippen molar-refractivity contribution in [1.82, 2.24) is 0 Å². The number of rotatable bonds is 9. The molecule has 1 rings (SSSR count). The molecule has 0 bridgehead atoms. The Morgan fingerprint density at radius 1 is 0.485 bits per heavy atom. The van der Waals surface area contributed by atoms with Gasteiger partial charge in [0.25, 0.3) is 0 Å². The molecule has 0 saturated heterocycles. The van der Waals surface area contributed by atoms with E-state index >= 15 is 0 Å². The second kappa shape index (κ2) is 9.81. The van der Waals surface area contributed by atoms with Crippen LogP contribution in [-0.4, -0.2) is 50.0 Å². The zero-order valence-corrected chi connectivity index (χ0v) is 20.0. The van der Waals surface area contributed by atoms with Crippen molar-refractivity contribution in [2.24, 2.45) is 0 Å². The summed E-state index contributed by atoms with van der Waals surface area (Å²) in [4.78, 5) is 67.2. The maximum Gasteiger partial charge on any atom is 0.343 e. The van der Waals surface area contributed by atoms with Crippen LogP contribution in [0.15, 0.2) is 0 Å². The van der Waals surface area contributed by atoms with E-state index in [-0.39, 0.29) is 0 Å². The number of hydrogen-bond acceptors (Lipinski definition) is 9. The molecule has 0 fully saturated rings. The largest absolute Gasteiger partial charge is 0.478 e. The summed E-state index contributed by atoms with van der Waals surface area (Å²) in [5.74, 6) is -7.94. The average Bonchev–Trinajstić information content (AvgIpc) is 2.59. The summed E-state index contributed by atoms with van der Waals surface area (Å²) in [6.07, 6.45) is 0. The first-order valence-corrected chi connectivity index (χ1v) is 9.76. The lowest BCUT2D eigenvalue weighted by atomic mass is 9.99. The predicted molar refractivity (Wildman–Crippen MR) is 112 cm³/mol. The molecule has 0 atom stereocenters. The molecule has 3 N–H and O–H groups in total. The quantitative estimate of drug-likeness (QED) is 0.346. The highest BCUT2D eigenvalue weighted by Crippen LogP contribution is 2.46. The summed E-state index contributed by atoms with van der Waals surface area (Å²) < 4.78 is 0. The standard InChI is InChI=1S/C21H30O12/c1-19(2,3)31-28-13-10(16(22)23)11(17(24)25)14(29-32-20(4,5)6)15(12(13)18(26)27)30-33-21(7,8)9/h1-9H3,(H,22,23)(H,24,25)(H,26,27). The lowest BCUT2D eigenvalue weighted by Crippen LogP contribution is -2.27. The van der Waals surface area contributed by atoms with Crippen molar-refractivity contribution < 1.29 is 59.0 Å². The average molecular weight is 474 g/mol. The molecule has 0 amide bonds. The normalized spacial score (nSPS) is 12.3. The molecule has 0 unspecified atom stereocenters. The molecular weight excluding hydrogens is 444 g/mol. The summed E-state index contributed by atoms with van der Waals surface area (Å²) in [6.45, 7) is 14.0. The number of aromatic carboxylic acids is 3. The van der Waals surface area contributed by atoms with Crippen molar-refractivity contribution >= 4 is 17.9 Å². The van der Waals surface area contributed by atoms with Gasteiger partial charge in [0, 0.05) is 0 Å². The lowest BCUT2D eigenvalue weighted by Gasteiger charge is -2.25. The Balaban J connectivity index is 4.09. The number of benzene rings is 1. The molecule has 0 aliphatic rings. The minimum Gasteiger partial charge on any atom is -0.478 e. The van der Waals surface area contributed by atoms with Crippen molar-refractivity contribution in [2.75, 3.05) is 0 Å². The summed E-state index contributed by atoms with van der Waals surface area (Å²) in [5.41, 5.74) is -6.00. The van der Waals surface area contributed by atoms with Crippen LogP contribution in [0.1, 0.15) is 93.4 Å². The van der Waals surface area contributed by atoms with Crippen molar-refractivity contribution in [1.29, 1.82) is 0 Å². The fraction of sp³-hybridized carbons (Fsp3) is 0.571. The van der Waals surface area contributed by atoms with E-state index in [1.54, 1.807) is 62.3 Å². The maximum absolute atomic E-state index is 12.2. The van der Waals surface area contributed by atoms with Crippen LogP contribution in [-0.2, 0) is 14.7 Å². The summed E-state index contributed by atoms with van der Waals surface area (Å²) >= 11 is 0. The molecule has 0 spiro atoms. The second-order valence-corrected chi connectivity index (χ2v) is 9.86. The Hall–Kier alpha value is -3.09. The highest BCUT2D eigenvalue weighted by Gasteiger charge is 2.40. The lowest BCUT2D eigenvalue weighted by molar-refractivity contribution is -0.294. The highest BCUT2D eigenvalue weighted by atomic mass is 17.2. The van der Waals surface area contributed by atoms with E-state index in [4.69, 9.17) is 29.3 Å². The number of carboxylic acids is 3. The van der Waals surface area contributed by atoms with Crippen LogP contribution in [0.5, 0.6) is 17.2 Å². The third-order valence-corrected chi connectivity index (χ3v) is 3.13. The van der Waals surface area contributed by atoms with Gasteiger partial charge in [-0.25, -0.2) is 14.4 Å². The molecule has 0 radical (unpaired) electrons. The van der Waals surface area contributed by atoms with Crippen LogP contribution in [0, 0.1) is 0 Å².